The molecule has 0 aliphatic carbocycles. The minimum Gasteiger partial charge on any atom is -0.504 e. The first-order valence-electron chi connectivity index (χ1n) is 7.64. The average Bonchev–Trinajstić information content (AvgIpc) is 3.12. The van der Waals surface area contributed by atoms with E-state index in [0.717, 1.165) is 12.1 Å². The van der Waals surface area contributed by atoms with Gasteiger partial charge in [-0.05, 0) is 40.0 Å². The monoisotopic (exact) mass is 453 g/mol. The minimum absolute atomic E-state index is 0.0434. The van der Waals surface area contributed by atoms with Crippen LogP contribution >= 0.6 is 15.9 Å². The summed E-state index contributed by atoms with van der Waals surface area (Å²) >= 11 is 3.12. The van der Waals surface area contributed by atoms with Gasteiger partial charge in [-0.3, -0.25) is 10.1 Å². The number of benzene rings is 2. The Morgan fingerprint density at radius 3 is 2.36 bits per heavy atom. The van der Waals surface area contributed by atoms with Crippen molar-refractivity contribution in [2.24, 2.45) is 0 Å². The smallest absolute Gasteiger partial charge is 0.315 e. The summed E-state index contributed by atoms with van der Waals surface area (Å²) in [6.07, 6.45) is 0.458. The van der Waals surface area contributed by atoms with Crippen LogP contribution in [0.2, 0.25) is 0 Å². The van der Waals surface area contributed by atoms with Gasteiger partial charge in [0, 0.05) is 12.5 Å². The number of hydrogen-bond acceptors (Lipinski definition) is 10. The molecule has 0 saturated carbocycles. The molecule has 0 radical (unpaired) electrons. The van der Waals surface area contributed by atoms with E-state index in [4.69, 9.17) is 4.52 Å². The van der Waals surface area contributed by atoms with Crippen LogP contribution in [0.15, 0.2) is 27.2 Å². The number of halogens is 1. The van der Waals surface area contributed by atoms with Gasteiger partial charge in [0.05, 0.1) is 15.0 Å². The standard InChI is InChI=1S/C16H12BrN3O8/c17-12-6(4-10(22)14(24)15(12)25)1-2-11-18-16(28-19-11)7-3-8(20(26)27)13(23)9(21)5-7/h3-5,21-25H,1-2H2. The summed E-state index contributed by atoms with van der Waals surface area (Å²) in [5.41, 5.74) is -0.201. The van der Waals surface area contributed by atoms with Crippen molar-refractivity contribution in [3.05, 3.63) is 44.2 Å². The van der Waals surface area contributed by atoms with Gasteiger partial charge < -0.3 is 30.1 Å². The van der Waals surface area contributed by atoms with Crippen molar-refractivity contribution in [3.8, 4) is 40.2 Å². The van der Waals surface area contributed by atoms with E-state index >= 15 is 0 Å². The Kier molecular flexibility index (Phi) is 4.96. The molecule has 0 amide bonds. The molecule has 146 valence electrons. The number of aryl methyl sites for hydroxylation is 2. The second-order valence-corrected chi connectivity index (χ2v) is 6.49. The lowest BCUT2D eigenvalue weighted by Crippen LogP contribution is -1.95. The topological polar surface area (TPSA) is 183 Å². The molecule has 2 aromatic carbocycles. The number of rotatable bonds is 5. The van der Waals surface area contributed by atoms with E-state index in [2.05, 4.69) is 26.1 Å². The van der Waals surface area contributed by atoms with Crippen molar-refractivity contribution in [2.75, 3.05) is 0 Å². The maximum atomic E-state index is 10.9. The van der Waals surface area contributed by atoms with Crippen LogP contribution in [0, 0.1) is 10.1 Å². The summed E-state index contributed by atoms with van der Waals surface area (Å²) in [5, 5.41) is 62.6. The fourth-order valence-electron chi connectivity index (χ4n) is 2.44. The predicted octanol–water partition coefficient (Wildman–Crippen LogP) is 2.72. The number of aromatic nitrogens is 2. The van der Waals surface area contributed by atoms with E-state index in [9.17, 15) is 35.6 Å². The molecule has 0 fully saturated rings. The Morgan fingerprint density at radius 2 is 1.68 bits per heavy atom. The molecule has 0 bridgehead atoms. The van der Waals surface area contributed by atoms with Crippen LogP contribution in [0.3, 0.4) is 0 Å². The highest BCUT2D eigenvalue weighted by molar-refractivity contribution is 9.10. The molecule has 0 unspecified atom stereocenters. The fraction of sp³-hybridized carbons (Fsp3) is 0.125. The van der Waals surface area contributed by atoms with Crippen LogP contribution in [0.1, 0.15) is 11.4 Å². The molecule has 1 heterocycles. The Bertz CT molecular complexity index is 1080. The minimum atomic E-state index is -0.870. The SMILES string of the molecule is O=[N+]([O-])c1cc(-c2nc(CCc3cc(O)c(O)c(O)c3Br)no2)cc(O)c1O. The molecule has 0 aliphatic heterocycles. The van der Waals surface area contributed by atoms with Gasteiger partial charge in [-0.25, -0.2) is 0 Å². The lowest BCUT2D eigenvalue weighted by molar-refractivity contribution is -0.385. The van der Waals surface area contributed by atoms with E-state index in [-0.39, 0.29) is 34.6 Å². The van der Waals surface area contributed by atoms with Crippen molar-refractivity contribution in [1.82, 2.24) is 10.1 Å². The predicted molar refractivity (Wildman–Crippen MR) is 96.3 cm³/mol. The van der Waals surface area contributed by atoms with Crippen LogP contribution in [0.5, 0.6) is 28.7 Å². The van der Waals surface area contributed by atoms with Crippen molar-refractivity contribution >= 4 is 21.6 Å². The van der Waals surface area contributed by atoms with Gasteiger partial charge in [0.25, 0.3) is 5.89 Å². The van der Waals surface area contributed by atoms with Crippen LogP contribution in [0.25, 0.3) is 11.5 Å². The molecule has 0 atom stereocenters. The zero-order valence-electron chi connectivity index (χ0n) is 13.8. The summed E-state index contributed by atoms with van der Waals surface area (Å²) in [5.74, 6) is -3.11. The molecule has 3 rings (SSSR count). The Balaban J connectivity index is 1.84. The molecule has 0 aliphatic rings. The maximum Gasteiger partial charge on any atom is 0.315 e. The van der Waals surface area contributed by atoms with Crippen LogP contribution in [0.4, 0.5) is 5.69 Å². The van der Waals surface area contributed by atoms with Crippen LogP contribution < -0.4 is 0 Å². The lowest BCUT2D eigenvalue weighted by atomic mass is 10.1. The van der Waals surface area contributed by atoms with Crippen molar-refractivity contribution in [3.63, 3.8) is 0 Å². The van der Waals surface area contributed by atoms with Gasteiger partial charge in [0.15, 0.2) is 23.1 Å². The molecule has 11 nitrogen and oxygen atoms in total. The molecule has 0 spiro atoms. The molecule has 1 aromatic heterocycles. The molecular weight excluding hydrogens is 442 g/mol. The zero-order chi connectivity index (χ0) is 20.6. The zero-order valence-corrected chi connectivity index (χ0v) is 15.4. The van der Waals surface area contributed by atoms with Crippen molar-refractivity contribution in [2.45, 2.75) is 12.8 Å². The number of aromatic hydroxyl groups is 5. The van der Waals surface area contributed by atoms with Crippen molar-refractivity contribution in [1.29, 1.82) is 0 Å². The summed E-state index contributed by atoms with van der Waals surface area (Å²) in [4.78, 5) is 14.1. The van der Waals surface area contributed by atoms with E-state index in [1.165, 1.54) is 6.07 Å². The van der Waals surface area contributed by atoms with Gasteiger partial charge in [-0.1, -0.05) is 5.16 Å². The van der Waals surface area contributed by atoms with Crippen LogP contribution in [-0.4, -0.2) is 40.6 Å². The first-order chi connectivity index (χ1) is 13.2. The Hall–Kier alpha value is -3.54. The first-order valence-corrected chi connectivity index (χ1v) is 8.44. The van der Waals surface area contributed by atoms with E-state index in [0.29, 0.717) is 5.56 Å². The quantitative estimate of drug-likeness (QED) is 0.218. The molecule has 12 heteroatoms. The summed E-state index contributed by atoms with van der Waals surface area (Å²) in [6.45, 7) is 0. The average molecular weight is 454 g/mol. The number of nitrogens with zero attached hydrogens (tertiary/aromatic N) is 3. The highest BCUT2D eigenvalue weighted by Gasteiger charge is 2.22. The molecule has 28 heavy (non-hydrogen) atoms. The maximum absolute atomic E-state index is 10.9. The second-order valence-electron chi connectivity index (χ2n) is 5.70. The number of phenols is 5. The normalized spacial score (nSPS) is 10.9. The second kappa shape index (κ2) is 7.23. The fourth-order valence-corrected chi connectivity index (χ4v) is 2.94. The largest absolute Gasteiger partial charge is 0.504 e. The summed E-state index contributed by atoms with van der Waals surface area (Å²) < 4.78 is 5.24. The Labute approximate surface area is 164 Å². The van der Waals surface area contributed by atoms with Gasteiger partial charge in [-0.15, -0.1) is 0 Å². The lowest BCUT2D eigenvalue weighted by Gasteiger charge is -2.08. The van der Waals surface area contributed by atoms with Gasteiger partial charge in [0.1, 0.15) is 0 Å². The first kappa shape index (κ1) is 19.2. The third-order valence-electron chi connectivity index (χ3n) is 3.87. The van der Waals surface area contributed by atoms with Gasteiger partial charge >= 0.3 is 5.69 Å². The molecule has 5 N–H and O–H groups in total. The third-order valence-corrected chi connectivity index (χ3v) is 4.75. The Morgan fingerprint density at radius 1 is 1.00 bits per heavy atom. The number of nitro benzene ring substituents is 1. The highest BCUT2D eigenvalue weighted by Crippen LogP contribution is 2.43. The number of hydrogen-bond donors (Lipinski definition) is 5. The number of nitro groups is 1. The van der Waals surface area contributed by atoms with E-state index < -0.39 is 39.4 Å². The van der Waals surface area contributed by atoms with E-state index in [1.807, 2.05) is 0 Å². The van der Waals surface area contributed by atoms with Gasteiger partial charge in [-0.2, -0.15) is 4.98 Å². The van der Waals surface area contributed by atoms with Gasteiger partial charge in [0.2, 0.25) is 11.5 Å². The van der Waals surface area contributed by atoms with Crippen molar-refractivity contribution < 1.29 is 35.0 Å². The highest BCUT2D eigenvalue weighted by atomic mass is 79.9. The van der Waals surface area contributed by atoms with Crippen LogP contribution in [-0.2, 0) is 12.8 Å². The molecule has 3 aromatic rings. The number of phenolic OH excluding ortho intramolecular Hbond substituents is 5. The third kappa shape index (κ3) is 3.49. The van der Waals surface area contributed by atoms with E-state index in [1.54, 1.807) is 0 Å². The molecule has 0 saturated heterocycles. The molecular formula is C16H12BrN3O8. The summed E-state index contributed by atoms with van der Waals surface area (Å²) in [6, 6.07) is 3.30. The summed E-state index contributed by atoms with van der Waals surface area (Å²) in [7, 11) is 0.